The van der Waals surface area contributed by atoms with E-state index in [1.54, 1.807) is 30.3 Å². The molecule has 0 bridgehead atoms. The maximum atomic E-state index is 12.8. The lowest BCUT2D eigenvalue weighted by molar-refractivity contribution is -0.113. The van der Waals surface area contributed by atoms with Crippen molar-refractivity contribution < 1.29 is 9.59 Å². The quantitative estimate of drug-likeness (QED) is 0.512. The molecule has 1 fully saturated rings. The summed E-state index contributed by atoms with van der Waals surface area (Å²) in [6.07, 6.45) is 3.62. The maximum absolute atomic E-state index is 12.8. The number of halogens is 1. The van der Waals surface area contributed by atoms with E-state index in [0.29, 0.717) is 10.7 Å². The fourth-order valence-electron chi connectivity index (χ4n) is 3.31. The normalized spacial score (nSPS) is 15.4. The molecule has 3 aromatic rings. The molecule has 0 unspecified atom stereocenters. The van der Waals surface area contributed by atoms with Gasteiger partial charge in [0.2, 0.25) is 0 Å². The Morgan fingerprint density at radius 2 is 1.75 bits per heavy atom. The van der Waals surface area contributed by atoms with Crippen molar-refractivity contribution in [2.45, 2.75) is 13.8 Å². The topological polar surface area (TPSA) is 54.3 Å². The number of benzene rings is 2. The van der Waals surface area contributed by atoms with E-state index >= 15 is 0 Å². The number of aryl methyl sites for hydroxylation is 2. The Hall–Kier alpha value is -3.31. The molecule has 0 radical (unpaired) electrons. The van der Waals surface area contributed by atoms with Crippen molar-refractivity contribution in [3.05, 3.63) is 88.3 Å². The van der Waals surface area contributed by atoms with Crippen LogP contribution in [0.25, 0.3) is 11.8 Å². The summed E-state index contributed by atoms with van der Waals surface area (Å²) in [5, 5.41) is 3.20. The molecule has 0 atom stereocenters. The molecule has 1 saturated heterocycles. The van der Waals surface area contributed by atoms with Crippen LogP contribution in [-0.4, -0.2) is 16.5 Å². The third kappa shape index (κ3) is 3.21. The van der Waals surface area contributed by atoms with Crippen molar-refractivity contribution in [1.29, 1.82) is 0 Å². The number of rotatable bonds is 3. The zero-order valence-electron chi connectivity index (χ0n) is 15.4. The van der Waals surface area contributed by atoms with Crippen LogP contribution in [0.4, 0.5) is 10.5 Å². The molecule has 3 amide bonds. The predicted octanol–water partition coefficient (Wildman–Crippen LogP) is 4.84. The number of hydrogen-bond donors (Lipinski definition) is 1. The summed E-state index contributed by atoms with van der Waals surface area (Å²) < 4.78 is 1.99. The van der Waals surface area contributed by atoms with Crippen LogP contribution in [0.1, 0.15) is 16.8 Å². The van der Waals surface area contributed by atoms with Gasteiger partial charge in [0.1, 0.15) is 5.70 Å². The summed E-state index contributed by atoms with van der Waals surface area (Å²) in [4.78, 5) is 26.3. The number of nitrogens with zero attached hydrogens (tertiary/aromatic N) is 2. The van der Waals surface area contributed by atoms with E-state index in [0.717, 1.165) is 21.8 Å². The van der Waals surface area contributed by atoms with Crippen molar-refractivity contribution in [3.8, 4) is 5.69 Å². The highest BCUT2D eigenvalue weighted by molar-refractivity contribution is 6.31. The van der Waals surface area contributed by atoms with Crippen molar-refractivity contribution in [2.75, 3.05) is 4.90 Å². The summed E-state index contributed by atoms with van der Waals surface area (Å²) in [6.45, 7) is 4.09. The Bertz CT molecular complexity index is 1110. The van der Waals surface area contributed by atoms with Gasteiger partial charge in [-0.1, -0.05) is 29.3 Å². The number of hydrogen-bond acceptors (Lipinski definition) is 2. The fraction of sp³-hybridized carbons (Fsp3) is 0.0909. The molecule has 4 rings (SSSR count). The predicted molar refractivity (Wildman–Crippen MR) is 111 cm³/mol. The third-order valence-corrected chi connectivity index (χ3v) is 4.90. The average Bonchev–Trinajstić information content (AvgIpc) is 3.21. The number of nitrogens with one attached hydrogen (secondary N) is 1. The van der Waals surface area contributed by atoms with Gasteiger partial charge >= 0.3 is 6.03 Å². The summed E-state index contributed by atoms with van der Waals surface area (Å²) >= 11 is 5.89. The van der Waals surface area contributed by atoms with Crippen LogP contribution in [0.5, 0.6) is 0 Å². The van der Waals surface area contributed by atoms with E-state index in [4.69, 9.17) is 11.6 Å². The second-order valence-corrected chi connectivity index (χ2v) is 7.13. The average molecular weight is 392 g/mol. The van der Waals surface area contributed by atoms with Crippen LogP contribution in [0.3, 0.4) is 0 Å². The van der Waals surface area contributed by atoms with E-state index in [-0.39, 0.29) is 5.70 Å². The summed E-state index contributed by atoms with van der Waals surface area (Å²) in [5.41, 5.74) is 4.83. The number of urea groups is 1. The molecule has 6 heteroatoms. The molecule has 1 aliphatic rings. The highest BCUT2D eigenvalue weighted by Gasteiger charge is 2.35. The summed E-state index contributed by atoms with van der Waals surface area (Å²) in [7, 11) is 0. The Morgan fingerprint density at radius 1 is 1.00 bits per heavy atom. The van der Waals surface area contributed by atoms with Gasteiger partial charge in [-0.3, -0.25) is 4.79 Å². The number of anilines is 1. The number of amides is 3. The number of aromatic nitrogens is 1. The van der Waals surface area contributed by atoms with Crippen molar-refractivity contribution in [2.24, 2.45) is 0 Å². The first-order chi connectivity index (χ1) is 13.4. The van der Waals surface area contributed by atoms with Crippen molar-refractivity contribution >= 4 is 35.3 Å². The zero-order valence-corrected chi connectivity index (χ0v) is 16.2. The standard InChI is InChI=1S/C22H18ClN3O2/c1-14-5-10-20(15(2)12-14)25-11-3-4-18(25)13-19-21(27)26(22(28)24-19)17-8-6-16(23)7-9-17/h3-13H,1-2H3,(H,24,28)/b19-13-. The molecule has 1 N–H and O–H groups in total. The largest absolute Gasteiger partial charge is 0.333 e. The molecular weight excluding hydrogens is 374 g/mol. The van der Waals surface area contributed by atoms with E-state index in [1.165, 1.54) is 5.56 Å². The summed E-state index contributed by atoms with van der Waals surface area (Å²) in [6, 6.07) is 16.1. The van der Waals surface area contributed by atoms with Crippen LogP contribution < -0.4 is 10.2 Å². The first-order valence-electron chi connectivity index (χ1n) is 8.82. The second-order valence-electron chi connectivity index (χ2n) is 6.70. The number of carbonyl (C=O) groups excluding carboxylic acids is 2. The molecule has 0 saturated carbocycles. The van der Waals surface area contributed by atoms with Gasteiger partial charge < -0.3 is 9.88 Å². The van der Waals surface area contributed by atoms with Gasteiger partial charge in [-0.05, 0) is 68.0 Å². The highest BCUT2D eigenvalue weighted by atomic mass is 35.5. The lowest BCUT2D eigenvalue weighted by Crippen LogP contribution is -2.30. The molecule has 5 nitrogen and oxygen atoms in total. The molecule has 1 aliphatic heterocycles. The molecule has 1 aromatic heterocycles. The van der Waals surface area contributed by atoms with Crippen molar-refractivity contribution in [3.63, 3.8) is 0 Å². The monoisotopic (exact) mass is 391 g/mol. The van der Waals surface area contributed by atoms with Crippen LogP contribution >= 0.6 is 11.6 Å². The van der Waals surface area contributed by atoms with Crippen LogP contribution in [-0.2, 0) is 4.79 Å². The molecule has 2 aromatic carbocycles. The van der Waals surface area contributed by atoms with Crippen LogP contribution in [0, 0.1) is 13.8 Å². The highest BCUT2D eigenvalue weighted by Crippen LogP contribution is 2.25. The minimum Gasteiger partial charge on any atom is -0.317 e. The van der Waals surface area contributed by atoms with Gasteiger partial charge in [0.15, 0.2) is 0 Å². The Kier molecular flexibility index (Phi) is 4.53. The first kappa shape index (κ1) is 18.1. The molecular formula is C22H18ClN3O2. The van der Waals surface area contributed by atoms with Gasteiger partial charge in [-0.25, -0.2) is 9.69 Å². The van der Waals surface area contributed by atoms with Crippen LogP contribution in [0.2, 0.25) is 5.02 Å². The van der Waals surface area contributed by atoms with Crippen molar-refractivity contribution in [1.82, 2.24) is 9.88 Å². The SMILES string of the molecule is Cc1ccc(-n2cccc2/C=C2\NC(=O)N(c3ccc(Cl)cc3)C2=O)c(C)c1. The van der Waals surface area contributed by atoms with Gasteiger partial charge in [0.05, 0.1) is 5.69 Å². The number of imide groups is 1. The van der Waals surface area contributed by atoms with Gasteiger partial charge in [0, 0.05) is 22.6 Å². The Labute approximate surface area is 167 Å². The minimum absolute atomic E-state index is 0.227. The third-order valence-electron chi connectivity index (χ3n) is 4.65. The molecule has 0 spiro atoms. The molecule has 28 heavy (non-hydrogen) atoms. The molecule has 0 aliphatic carbocycles. The van der Waals surface area contributed by atoms with Gasteiger partial charge in [0.25, 0.3) is 5.91 Å². The Balaban J connectivity index is 1.69. The minimum atomic E-state index is -0.483. The smallest absolute Gasteiger partial charge is 0.317 e. The second kappa shape index (κ2) is 7.02. The van der Waals surface area contributed by atoms with E-state index in [9.17, 15) is 9.59 Å². The van der Waals surface area contributed by atoms with Crippen LogP contribution in [0.15, 0.2) is 66.5 Å². The van der Waals surface area contributed by atoms with Gasteiger partial charge in [-0.2, -0.15) is 0 Å². The van der Waals surface area contributed by atoms with E-state index in [1.807, 2.05) is 48.9 Å². The zero-order chi connectivity index (χ0) is 19.8. The number of carbonyl (C=O) groups is 2. The maximum Gasteiger partial charge on any atom is 0.333 e. The molecule has 2 heterocycles. The first-order valence-corrected chi connectivity index (χ1v) is 9.19. The lowest BCUT2D eigenvalue weighted by Gasteiger charge is -2.12. The Morgan fingerprint density at radius 3 is 2.46 bits per heavy atom. The molecule has 140 valence electrons. The fourth-order valence-corrected chi connectivity index (χ4v) is 3.44. The lowest BCUT2D eigenvalue weighted by atomic mass is 10.1. The van der Waals surface area contributed by atoms with E-state index in [2.05, 4.69) is 11.4 Å². The van der Waals surface area contributed by atoms with E-state index < -0.39 is 11.9 Å². The summed E-state index contributed by atoms with van der Waals surface area (Å²) in [5.74, 6) is -0.402. The van der Waals surface area contributed by atoms with Gasteiger partial charge in [-0.15, -0.1) is 0 Å².